The topological polar surface area (TPSA) is 147 Å². The molecule has 0 aliphatic heterocycles. The summed E-state index contributed by atoms with van der Waals surface area (Å²) >= 11 is 1.26. The standard InChI is InChI=1S/C32H34N6O5S/c1-17-5-11-21(34-26(39)12-10-19-8-6-18-7-9-20(19)13-18)14-23(17)30-37-31(43-38-30)28-29(33)36-32(44-28)35-22-15-24(40-2)27(42-4)25(16-22)41-3/h5,7,9-12,14-16,18-20H,6,8,13,33H2,1-4H3,(H,34,39)(H,35,36)/b12-10+/t18-,19?,20+/m0/s1. The maximum atomic E-state index is 12.7. The molecule has 2 aliphatic carbocycles. The van der Waals surface area contributed by atoms with Crippen LogP contribution < -0.4 is 30.6 Å². The van der Waals surface area contributed by atoms with Crippen LogP contribution >= 0.6 is 11.3 Å². The van der Waals surface area contributed by atoms with Crippen LogP contribution in [0.15, 0.2) is 59.2 Å². The minimum absolute atomic E-state index is 0.165. The Morgan fingerprint density at radius 1 is 1.05 bits per heavy atom. The summed E-state index contributed by atoms with van der Waals surface area (Å²) < 4.78 is 21.9. The average Bonchev–Trinajstić information content (AvgIpc) is 3.76. The van der Waals surface area contributed by atoms with E-state index in [1.165, 1.54) is 24.2 Å². The molecule has 2 aromatic heterocycles. The second-order valence-electron chi connectivity index (χ2n) is 10.9. The zero-order valence-electron chi connectivity index (χ0n) is 24.9. The minimum atomic E-state index is -0.165. The van der Waals surface area contributed by atoms with Crippen molar-refractivity contribution >= 4 is 39.6 Å². The number of aryl methyl sites for hydroxylation is 1. The summed E-state index contributed by atoms with van der Waals surface area (Å²) in [5.41, 5.74) is 9.22. The SMILES string of the molecule is COc1cc(Nc2nc(N)c(-c3nc(-c4cc(NC(=O)/C=C/C5CC[C@H]6C=C[C@@H]5C6)ccc4C)no3)s2)cc(OC)c1OC. The summed E-state index contributed by atoms with van der Waals surface area (Å²) in [6.07, 6.45) is 11.8. The van der Waals surface area contributed by atoms with Crippen LogP contribution in [0.5, 0.6) is 17.2 Å². The van der Waals surface area contributed by atoms with Crippen molar-refractivity contribution in [2.45, 2.75) is 26.2 Å². The third kappa shape index (κ3) is 5.98. The fraction of sp³-hybridized carbons (Fsp3) is 0.312. The van der Waals surface area contributed by atoms with Crippen LogP contribution in [0.2, 0.25) is 0 Å². The van der Waals surface area contributed by atoms with Gasteiger partial charge in [-0.15, -0.1) is 0 Å². The second-order valence-corrected chi connectivity index (χ2v) is 11.9. The molecule has 44 heavy (non-hydrogen) atoms. The monoisotopic (exact) mass is 614 g/mol. The number of carbonyl (C=O) groups is 1. The first-order valence-electron chi connectivity index (χ1n) is 14.3. The molecule has 2 aromatic carbocycles. The van der Waals surface area contributed by atoms with Gasteiger partial charge in [-0.3, -0.25) is 4.79 Å². The number of methoxy groups -OCH3 is 3. The lowest BCUT2D eigenvalue weighted by molar-refractivity contribution is -0.111. The van der Waals surface area contributed by atoms with Crippen LogP contribution in [-0.2, 0) is 4.79 Å². The van der Waals surface area contributed by atoms with E-state index in [0.717, 1.165) is 23.5 Å². The molecule has 1 amide bonds. The van der Waals surface area contributed by atoms with Crippen molar-refractivity contribution in [1.82, 2.24) is 15.1 Å². The molecule has 1 unspecified atom stereocenters. The Morgan fingerprint density at radius 2 is 1.84 bits per heavy atom. The third-order valence-electron chi connectivity index (χ3n) is 8.06. The van der Waals surface area contributed by atoms with Gasteiger partial charge < -0.3 is 35.1 Å². The number of amides is 1. The van der Waals surface area contributed by atoms with E-state index in [1.54, 1.807) is 39.5 Å². The molecule has 1 fully saturated rings. The summed E-state index contributed by atoms with van der Waals surface area (Å²) in [4.78, 5) is 22.3. The minimum Gasteiger partial charge on any atom is -0.493 e. The quantitative estimate of drug-likeness (QED) is 0.132. The molecule has 0 radical (unpaired) electrons. The van der Waals surface area contributed by atoms with Crippen LogP contribution in [-0.4, -0.2) is 42.4 Å². The number of benzene rings is 2. The predicted octanol–water partition coefficient (Wildman–Crippen LogP) is 6.62. The average molecular weight is 615 g/mol. The van der Waals surface area contributed by atoms with Gasteiger partial charge in [-0.25, -0.2) is 4.98 Å². The highest BCUT2D eigenvalue weighted by Gasteiger charge is 2.30. The molecule has 0 spiro atoms. The second kappa shape index (κ2) is 12.4. The number of anilines is 4. The maximum Gasteiger partial charge on any atom is 0.272 e. The van der Waals surface area contributed by atoms with Gasteiger partial charge in [-0.05, 0) is 67.7 Å². The van der Waals surface area contributed by atoms with Crippen molar-refractivity contribution < 1.29 is 23.5 Å². The third-order valence-corrected chi connectivity index (χ3v) is 9.03. The van der Waals surface area contributed by atoms with Crippen LogP contribution in [0.3, 0.4) is 0 Å². The molecule has 1 saturated carbocycles. The Bertz CT molecular complexity index is 1720. The van der Waals surface area contributed by atoms with Crippen molar-refractivity contribution in [3.05, 3.63) is 60.2 Å². The molecule has 4 N–H and O–H groups in total. The zero-order valence-corrected chi connectivity index (χ0v) is 25.7. The van der Waals surface area contributed by atoms with E-state index in [-0.39, 0.29) is 17.6 Å². The van der Waals surface area contributed by atoms with Crippen molar-refractivity contribution in [2.75, 3.05) is 37.7 Å². The van der Waals surface area contributed by atoms with Gasteiger partial charge in [-0.2, -0.15) is 4.98 Å². The van der Waals surface area contributed by atoms with Crippen molar-refractivity contribution in [2.24, 2.45) is 17.8 Å². The van der Waals surface area contributed by atoms with Gasteiger partial charge in [-0.1, -0.05) is 40.8 Å². The van der Waals surface area contributed by atoms with E-state index < -0.39 is 0 Å². The van der Waals surface area contributed by atoms with Crippen molar-refractivity contribution in [1.29, 1.82) is 0 Å². The van der Waals surface area contributed by atoms with Gasteiger partial charge in [0.05, 0.1) is 21.3 Å². The molecular weight excluding hydrogens is 580 g/mol. The van der Waals surface area contributed by atoms with E-state index >= 15 is 0 Å². The molecule has 2 bridgehead atoms. The number of allylic oxidation sites excluding steroid dienone is 3. The summed E-state index contributed by atoms with van der Waals surface area (Å²) in [7, 11) is 4.65. The number of nitrogens with zero attached hydrogens (tertiary/aromatic N) is 3. The lowest BCUT2D eigenvalue weighted by Crippen LogP contribution is -2.17. The lowest BCUT2D eigenvalue weighted by Gasteiger charge is -2.26. The molecule has 3 atom stereocenters. The van der Waals surface area contributed by atoms with Gasteiger partial charge >= 0.3 is 0 Å². The number of aromatic nitrogens is 3. The molecule has 4 aromatic rings. The van der Waals surface area contributed by atoms with Crippen LogP contribution in [0.25, 0.3) is 22.2 Å². The molecule has 2 heterocycles. The summed E-state index contributed by atoms with van der Waals surface area (Å²) in [5, 5.41) is 10.9. The van der Waals surface area contributed by atoms with Gasteiger partial charge in [0.15, 0.2) is 16.6 Å². The van der Waals surface area contributed by atoms with Gasteiger partial charge in [0.2, 0.25) is 17.5 Å². The Hall–Kier alpha value is -4.84. The number of nitrogen functional groups attached to an aromatic ring is 1. The van der Waals surface area contributed by atoms with E-state index in [1.807, 2.05) is 25.1 Å². The van der Waals surface area contributed by atoms with Crippen LogP contribution in [0.1, 0.15) is 24.8 Å². The highest BCUT2D eigenvalue weighted by atomic mass is 32.1. The molecule has 2 aliphatic rings. The number of hydrogen-bond acceptors (Lipinski definition) is 11. The Kier molecular flexibility index (Phi) is 8.25. The molecule has 228 valence electrons. The Labute approximate surface area is 259 Å². The number of carbonyl (C=O) groups excluding carboxylic acids is 1. The van der Waals surface area contributed by atoms with Crippen molar-refractivity contribution in [3.63, 3.8) is 0 Å². The highest BCUT2D eigenvalue weighted by Crippen LogP contribution is 2.43. The molecule has 11 nitrogen and oxygen atoms in total. The number of hydrogen-bond donors (Lipinski definition) is 3. The number of ether oxygens (including phenoxy) is 3. The van der Waals surface area contributed by atoms with Gasteiger partial charge in [0.25, 0.3) is 5.89 Å². The van der Waals surface area contributed by atoms with E-state index in [9.17, 15) is 4.79 Å². The first kappa shape index (κ1) is 29.2. The normalized spacial score (nSPS) is 18.9. The molecule has 0 saturated heterocycles. The summed E-state index contributed by atoms with van der Waals surface area (Å²) in [5.74, 6) is 3.85. The number of nitrogens with one attached hydrogen (secondary N) is 2. The first-order valence-corrected chi connectivity index (χ1v) is 15.1. The summed E-state index contributed by atoms with van der Waals surface area (Å²) in [6, 6.07) is 9.15. The Balaban J connectivity index is 1.17. The van der Waals surface area contributed by atoms with Gasteiger partial charge in [0.1, 0.15) is 10.7 Å². The molecular formula is C32H34N6O5S. The largest absolute Gasteiger partial charge is 0.493 e. The molecule has 12 heteroatoms. The smallest absolute Gasteiger partial charge is 0.272 e. The maximum absolute atomic E-state index is 12.7. The van der Waals surface area contributed by atoms with E-state index in [4.69, 9.17) is 24.5 Å². The van der Waals surface area contributed by atoms with E-state index in [0.29, 0.717) is 56.3 Å². The van der Waals surface area contributed by atoms with Crippen LogP contribution in [0.4, 0.5) is 22.3 Å². The molecule has 6 rings (SSSR count). The van der Waals surface area contributed by atoms with Gasteiger partial charge in [0, 0.05) is 29.1 Å². The summed E-state index contributed by atoms with van der Waals surface area (Å²) in [6.45, 7) is 1.95. The number of nitrogens with two attached hydrogens (primary N) is 1. The fourth-order valence-electron chi connectivity index (χ4n) is 5.77. The Morgan fingerprint density at radius 3 is 2.59 bits per heavy atom. The van der Waals surface area contributed by atoms with E-state index in [2.05, 4.69) is 44.0 Å². The highest BCUT2D eigenvalue weighted by molar-refractivity contribution is 7.19. The first-order chi connectivity index (χ1) is 21.3. The lowest BCUT2D eigenvalue weighted by atomic mass is 9.79. The number of rotatable bonds is 10. The number of thiazole rings is 1. The van der Waals surface area contributed by atoms with Crippen LogP contribution in [0, 0.1) is 24.7 Å². The zero-order chi connectivity index (χ0) is 30.8. The predicted molar refractivity (Wildman–Crippen MR) is 171 cm³/mol. The number of fused-ring (bicyclic) bond motifs is 2. The van der Waals surface area contributed by atoms with Crippen molar-refractivity contribution in [3.8, 4) is 39.4 Å². The fourth-order valence-corrected chi connectivity index (χ4v) is 6.60.